The summed E-state index contributed by atoms with van der Waals surface area (Å²) in [6, 6.07) is 8.12. The van der Waals surface area contributed by atoms with Gasteiger partial charge in [0.2, 0.25) is 0 Å². The quantitative estimate of drug-likeness (QED) is 0.765. The first-order valence-corrected chi connectivity index (χ1v) is 6.21. The van der Waals surface area contributed by atoms with Crippen molar-refractivity contribution < 1.29 is 4.79 Å². The summed E-state index contributed by atoms with van der Waals surface area (Å²) in [5.41, 5.74) is 1.76. The van der Waals surface area contributed by atoms with Gasteiger partial charge in [-0.05, 0) is 38.1 Å². The van der Waals surface area contributed by atoms with E-state index in [9.17, 15) is 4.79 Å². The van der Waals surface area contributed by atoms with Crippen LogP contribution in [-0.4, -0.2) is 36.6 Å². The van der Waals surface area contributed by atoms with Crippen LogP contribution >= 0.6 is 0 Å². The Morgan fingerprint density at radius 1 is 1.18 bits per heavy atom. The molecule has 4 heteroatoms. The van der Waals surface area contributed by atoms with E-state index in [0.29, 0.717) is 12.7 Å². The zero-order valence-electron chi connectivity index (χ0n) is 9.78. The van der Waals surface area contributed by atoms with E-state index in [0.717, 1.165) is 37.2 Å². The fraction of sp³-hybridized carbons (Fsp3) is 0.462. The maximum absolute atomic E-state index is 12.4. The molecule has 2 aliphatic heterocycles. The lowest BCUT2D eigenvalue weighted by molar-refractivity contribution is 0.0649. The van der Waals surface area contributed by atoms with Crippen LogP contribution in [0.15, 0.2) is 24.3 Å². The molecule has 0 spiro atoms. The second-order valence-electron chi connectivity index (χ2n) is 4.64. The predicted molar refractivity (Wildman–Crippen MR) is 67.0 cm³/mol. The molecule has 0 bridgehead atoms. The van der Waals surface area contributed by atoms with Crippen LogP contribution < -0.4 is 10.6 Å². The van der Waals surface area contributed by atoms with Gasteiger partial charge in [-0.25, -0.2) is 0 Å². The molecule has 0 radical (unpaired) electrons. The van der Waals surface area contributed by atoms with Crippen molar-refractivity contribution in [2.45, 2.75) is 18.9 Å². The van der Waals surface area contributed by atoms with Gasteiger partial charge in [0.1, 0.15) is 0 Å². The third-order valence-electron chi connectivity index (χ3n) is 3.61. The van der Waals surface area contributed by atoms with Crippen molar-refractivity contribution in [2.24, 2.45) is 0 Å². The van der Waals surface area contributed by atoms with E-state index < -0.39 is 0 Å². The standard InChI is InChI=1S/C13H17N3O/c17-13-11-3-1-2-4-12(11)15-9-16(13)10-5-7-14-8-6-10/h1-4,10,14-15H,5-9H2. The molecule has 17 heavy (non-hydrogen) atoms. The number of rotatable bonds is 1. The Morgan fingerprint density at radius 3 is 2.76 bits per heavy atom. The zero-order chi connectivity index (χ0) is 11.7. The first-order chi connectivity index (χ1) is 8.36. The van der Waals surface area contributed by atoms with E-state index in [4.69, 9.17) is 0 Å². The summed E-state index contributed by atoms with van der Waals surface area (Å²) in [4.78, 5) is 14.4. The number of anilines is 1. The topological polar surface area (TPSA) is 44.4 Å². The van der Waals surface area contributed by atoms with Gasteiger partial charge in [-0.1, -0.05) is 12.1 Å². The number of benzene rings is 1. The molecule has 1 aromatic rings. The number of nitrogens with one attached hydrogen (secondary N) is 2. The van der Waals surface area contributed by atoms with E-state index in [-0.39, 0.29) is 5.91 Å². The third kappa shape index (κ3) is 1.89. The minimum Gasteiger partial charge on any atom is -0.367 e. The highest BCUT2D eigenvalue weighted by atomic mass is 16.2. The van der Waals surface area contributed by atoms with Crippen LogP contribution in [0.2, 0.25) is 0 Å². The van der Waals surface area contributed by atoms with Crippen molar-refractivity contribution >= 4 is 11.6 Å². The maximum Gasteiger partial charge on any atom is 0.257 e. The van der Waals surface area contributed by atoms with Gasteiger partial charge >= 0.3 is 0 Å². The van der Waals surface area contributed by atoms with Gasteiger partial charge in [-0.3, -0.25) is 4.79 Å². The van der Waals surface area contributed by atoms with Crippen molar-refractivity contribution in [3.05, 3.63) is 29.8 Å². The van der Waals surface area contributed by atoms with Gasteiger partial charge in [-0.15, -0.1) is 0 Å². The summed E-state index contributed by atoms with van der Waals surface area (Å²) in [6.45, 7) is 2.66. The zero-order valence-corrected chi connectivity index (χ0v) is 9.78. The van der Waals surface area contributed by atoms with E-state index >= 15 is 0 Å². The molecule has 1 saturated heterocycles. The molecule has 0 aromatic heterocycles. The van der Waals surface area contributed by atoms with Crippen LogP contribution in [0.4, 0.5) is 5.69 Å². The van der Waals surface area contributed by atoms with E-state index in [2.05, 4.69) is 10.6 Å². The first-order valence-electron chi connectivity index (χ1n) is 6.21. The van der Waals surface area contributed by atoms with Gasteiger partial charge < -0.3 is 15.5 Å². The molecular formula is C13H17N3O. The SMILES string of the molecule is O=C1c2ccccc2NCN1C1CCNCC1. The van der Waals surface area contributed by atoms with Crippen LogP contribution in [0.1, 0.15) is 23.2 Å². The second-order valence-corrected chi connectivity index (χ2v) is 4.64. The molecule has 0 aliphatic carbocycles. The number of hydrogen-bond donors (Lipinski definition) is 2. The minimum atomic E-state index is 0.172. The van der Waals surface area contributed by atoms with Crippen LogP contribution in [-0.2, 0) is 0 Å². The molecule has 0 atom stereocenters. The Kier molecular flexibility index (Phi) is 2.73. The average molecular weight is 231 g/mol. The maximum atomic E-state index is 12.4. The molecule has 2 N–H and O–H groups in total. The molecule has 3 rings (SSSR count). The molecule has 0 unspecified atom stereocenters. The number of hydrogen-bond acceptors (Lipinski definition) is 3. The molecule has 2 aliphatic rings. The number of fused-ring (bicyclic) bond motifs is 1. The molecular weight excluding hydrogens is 214 g/mol. The first kappa shape index (κ1) is 10.6. The molecule has 90 valence electrons. The second kappa shape index (κ2) is 4.37. The number of carbonyl (C=O) groups excluding carboxylic acids is 1. The van der Waals surface area contributed by atoms with Gasteiger partial charge in [0, 0.05) is 11.7 Å². The monoisotopic (exact) mass is 231 g/mol. The fourth-order valence-electron chi connectivity index (χ4n) is 2.63. The molecule has 2 heterocycles. The minimum absolute atomic E-state index is 0.172. The Labute approximate surface area is 101 Å². The summed E-state index contributed by atoms with van der Waals surface area (Å²) in [5, 5.41) is 6.65. The van der Waals surface area contributed by atoms with Crippen molar-refractivity contribution in [2.75, 3.05) is 25.1 Å². The normalized spacial score (nSPS) is 20.9. The molecule has 1 fully saturated rings. The Balaban J connectivity index is 1.83. The average Bonchev–Trinajstić information content (AvgIpc) is 2.40. The van der Waals surface area contributed by atoms with Crippen molar-refractivity contribution in [3.8, 4) is 0 Å². The van der Waals surface area contributed by atoms with Gasteiger partial charge in [0.25, 0.3) is 5.91 Å². The summed E-state index contributed by atoms with van der Waals surface area (Å²) >= 11 is 0. The Bertz CT molecular complexity index is 426. The summed E-state index contributed by atoms with van der Waals surface area (Å²) < 4.78 is 0. The molecule has 0 saturated carbocycles. The number of carbonyl (C=O) groups is 1. The van der Waals surface area contributed by atoms with Crippen LogP contribution in [0, 0.1) is 0 Å². The van der Waals surface area contributed by atoms with Crippen molar-refractivity contribution in [3.63, 3.8) is 0 Å². The summed E-state index contributed by atoms with van der Waals surface area (Å²) in [5.74, 6) is 0.172. The highest BCUT2D eigenvalue weighted by molar-refractivity contribution is 6.01. The van der Waals surface area contributed by atoms with Crippen LogP contribution in [0.5, 0.6) is 0 Å². The van der Waals surface area contributed by atoms with Gasteiger partial charge in [-0.2, -0.15) is 0 Å². The molecule has 1 amide bonds. The largest absolute Gasteiger partial charge is 0.367 e. The Morgan fingerprint density at radius 2 is 1.94 bits per heavy atom. The highest BCUT2D eigenvalue weighted by Crippen LogP contribution is 2.25. The lowest BCUT2D eigenvalue weighted by atomic mass is 10.0. The van der Waals surface area contributed by atoms with Crippen LogP contribution in [0.25, 0.3) is 0 Å². The van der Waals surface area contributed by atoms with Crippen molar-refractivity contribution in [1.82, 2.24) is 10.2 Å². The molecule has 4 nitrogen and oxygen atoms in total. The smallest absolute Gasteiger partial charge is 0.257 e. The van der Waals surface area contributed by atoms with E-state index in [1.54, 1.807) is 0 Å². The number of piperidine rings is 1. The number of para-hydroxylation sites is 1. The lowest BCUT2D eigenvalue weighted by Gasteiger charge is -2.38. The fourth-order valence-corrected chi connectivity index (χ4v) is 2.63. The van der Waals surface area contributed by atoms with E-state index in [1.165, 1.54) is 0 Å². The lowest BCUT2D eigenvalue weighted by Crippen LogP contribution is -2.50. The van der Waals surface area contributed by atoms with Crippen LogP contribution in [0.3, 0.4) is 0 Å². The summed E-state index contributed by atoms with van der Waals surface area (Å²) in [6.07, 6.45) is 2.10. The summed E-state index contributed by atoms with van der Waals surface area (Å²) in [7, 11) is 0. The van der Waals surface area contributed by atoms with Crippen molar-refractivity contribution in [1.29, 1.82) is 0 Å². The van der Waals surface area contributed by atoms with Gasteiger partial charge in [0.05, 0.1) is 12.2 Å². The Hall–Kier alpha value is -1.55. The highest BCUT2D eigenvalue weighted by Gasteiger charge is 2.30. The van der Waals surface area contributed by atoms with E-state index in [1.807, 2.05) is 29.2 Å². The van der Waals surface area contributed by atoms with Gasteiger partial charge in [0.15, 0.2) is 0 Å². The molecule has 1 aromatic carbocycles. The predicted octanol–water partition coefficient (Wildman–Crippen LogP) is 1.26. The number of nitrogens with zero attached hydrogens (tertiary/aromatic N) is 1. The third-order valence-corrected chi connectivity index (χ3v) is 3.61. The number of amides is 1.